The molecule has 0 atom stereocenters. The van der Waals surface area contributed by atoms with Crippen LogP contribution in [-0.4, -0.2) is 20.3 Å². The Morgan fingerprint density at radius 2 is 1.94 bits per heavy atom. The molecule has 1 aromatic carbocycles. The molecule has 0 aliphatic rings. The highest BCUT2D eigenvalue weighted by Gasteiger charge is 2.10. The Labute approximate surface area is 106 Å². The zero-order valence-corrected chi connectivity index (χ0v) is 10.9. The van der Waals surface area contributed by atoms with Gasteiger partial charge in [-0.3, -0.25) is 0 Å². The third kappa shape index (κ3) is 4.87. The van der Waals surface area contributed by atoms with E-state index < -0.39 is 6.61 Å². The number of rotatable bonds is 7. The molecule has 102 valence electrons. The summed E-state index contributed by atoms with van der Waals surface area (Å²) in [5.74, 6) is 0.938. The Morgan fingerprint density at radius 3 is 2.50 bits per heavy atom. The van der Waals surface area contributed by atoms with Crippen LogP contribution in [0.4, 0.5) is 8.78 Å². The summed E-state index contributed by atoms with van der Waals surface area (Å²) in [5.41, 5.74) is 0.967. The molecule has 0 fully saturated rings. The molecule has 1 aromatic rings. The van der Waals surface area contributed by atoms with Gasteiger partial charge in [-0.25, -0.2) is 0 Å². The predicted octanol–water partition coefficient (Wildman–Crippen LogP) is 3.04. The first kappa shape index (κ1) is 14.7. The Bertz CT molecular complexity index is 370. The van der Waals surface area contributed by atoms with Gasteiger partial charge in [0.2, 0.25) is 0 Å². The summed E-state index contributed by atoms with van der Waals surface area (Å²) >= 11 is 0. The molecule has 0 bridgehead atoms. The van der Waals surface area contributed by atoms with Crippen LogP contribution in [0.5, 0.6) is 11.5 Å². The molecular formula is C13H19F2NO2. The summed E-state index contributed by atoms with van der Waals surface area (Å²) < 4.78 is 33.7. The average molecular weight is 259 g/mol. The van der Waals surface area contributed by atoms with Crippen molar-refractivity contribution in [3.05, 3.63) is 23.8 Å². The van der Waals surface area contributed by atoms with E-state index in [1.54, 1.807) is 12.1 Å². The zero-order chi connectivity index (χ0) is 13.5. The van der Waals surface area contributed by atoms with Crippen LogP contribution in [0.2, 0.25) is 0 Å². The van der Waals surface area contributed by atoms with Crippen LogP contribution < -0.4 is 14.8 Å². The van der Waals surface area contributed by atoms with Gasteiger partial charge in [-0.05, 0) is 30.2 Å². The van der Waals surface area contributed by atoms with Crippen LogP contribution >= 0.6 is 0 Å². The van der Waals surface area contributed by atoms with Gasteiger partial charge in [-0.15, -0.1) is 0 Å². The fourth-order valence-electron chi connectivity index (χ4n) is 1.52. The highest BCUT2D eigenvalue weighted by Crippen LogP contribution is 2.29. The molecule has 0 heterocycles. The van der Waals surface area contributed by atoms with Crippen LogP contribution in [0.3, 0.4) is 0 Å². The molecule has 0 spiro atoms. The lowest BCUT2D eigenvalue weighted by molar-refractivity contribution is -0.0512. The van der Waals surface area contributed by atoms with Crippen molar-refractivity contribution in [3.63, 3.8) is 0 Å². The fourth-order valence-corrected chi connectivity index (χ4v) is 1.52. The van der Waals surface area contributed by atoms with Crippen molar-refractivity contribution in [1.29, 1.82) is 0 Å². The largest absolute Gasteiger partial charge is 0.493 e. The maximum absolute atomic E-state index is 12.1. The van der Waals surface area contributed by atoms with E-state index in [-0.39, 0.29) is 5.75 Å². The van der Waals surface area contributed by atoms with Crippen LogP contribution in [0.25, 0.3) is 0 Å². The van der Waals surface area contributed by atoms with Gasteiger partial charge in [0.25, 0.3) is 0 Å². The Morgan fingerprint density at radius 1 is 1.22 bits per heavy atom. The molecule has 0 saturated heterocycles. The van der Waals surface area contributed by atoms with E-state index in [9.17, 15) is 8.78 Å². The SMILES string of the molecule is COc1cc(CNCC(C)C)ccc1OC(F)F. The lowest BCUT2D eigenvalue weighted by Gasteiger charge is -2.12. The summed E-state index contributed by atoms with van der Waals surface area (Å²) in [6, 6.07) is 4.94. The molecule has 0 radical (unpaired) electrons. The highest BCUT2D eigenvalue weighted by atomic mass is 19.3. The first-order chi connectivity index (χ1) is 8.52. The molecule has 0 aromatic heterocycles. The average Bonchev–Trinajstić information content (AvgIpc) is 2.29. The van der Waals surface area contributed by atoms with E-state index in [0.29, 0.717) is 18.2 Å². The zero-order valence-electron chi connectivity index (χ0n) is 10.9. The molecule has 1 N–H and O–H groups in total. The first-order valence-corrected chi connectivity index (χ1v) is 5.85. The first-order valence-electron chi connectivity index (χ1n) is 5.85. The maximum Gasteiger partial charge on any atom is 0.387 e. The summed E-state index contributed by atoms with van der Waals surface area (Å²) in [6.07, 6.45) is 0. The number of methoxy groups -OCH3 is 1. The molecule has 1 rings (SSSR count). The number of alkyl halides is 2. The van der Waals surface area contributed by atoms with Crippen molar-refractivity contribution in [2.45, 2.75) is 27.0 Å². The van der Waals surface area contributed by atoms with Crippen molar-refractivity contribution in [3.8, 4) is 11.5 Å². The molecule has 0 saturated carbocycles. The number of benzene rings is 1. The molecule has 3 nitrogen and oxygen atoms in total. The van der Waals surface area contributed by atoms with Gasteiger partial charge >= 0.3 is 6.61 Å². The molecule has 0 unspecified atom stereocenters. The van der Waals surface area contributed by atoms with Crippen molar-refractivity contribution >= 4 is 0 Å². The minimum absolute atomic E-state index is 0.0557. The van der Waals surface area contributed by atoms with E-state index >= 15 is 0 Å². The molecule has 0 amide bonds. The van der Waals surface area contributed by atoms with E-state index in [1.807, 2.05) is 0 Å². The second-order valence-electron chi connectivity index (χ2n) is 4.39. The van der Waals surface area contributed by atoms with E-state index in [0.717, 1.165) is 12.1 Å². The van der Waals surface area contributed by atoms with Gasteiger partial charge in [0.05, 0.1) is 7.11 Å². The van der Waals surface area contributed by atoms with Gasteiger partial charge in [0.1, 0.15) is 0 Å². The Kier molecular flexibility index (Phi) is 5.85. The van der Waals surface area contributed by atoms with Crippen LogP contribution in [0.1, 0.15) is 19.4 Å². The van der Waals surface area contributed by atoms with E-state index in [1.165, 1.54) is 13.2 Å². The van der Waals surface area contributed by atoms with Gasteiger partial charge in [0, 0.05) is 6.54 Å². The normalized spacial score (nSPS) is 11.1. The lowest BCUT2D eigenvalue weighted by atomic mass is 10.2. The monoisotopic (exact) mass is 259 g/mol. The van der Waals surface area contributed by atoms with Crippen molar-refractivity contribution < 1.29 is 18.3 Å². The third-order valence-corrected chi connectivity index (χ3v) is 2.33. The summed E-state index contributed by atoms with van der Waals surface area (Å²) in [5, 5.41) is 3.27. The Hall–Kier alpha value is -1.36. The van der Waals surface area contributed by atoms with E-state index in [2.05, 4.69) is 23.9 Å². The molecular weight excluding hydrogens is 240 g/mol. The number of nitrogens with one attached hydrogen (secondary N) is 1. The number of halogens is 2. The number of ether oxygens (including phenoxy) is 2. The van der Waals surface area contributed by atoms with Crippen LogP contribution in [-0.2, 0) is 6.54 Å². The minimum Gasteiger partial charge on any atom is -0.493 e. The molecule has 0 aliphatic heterocycles. The quantitative estimate of drug-likeness (QED) is 0.816. The lowest BCUT2D eigenvalue weighted by Crippen LogP contribution is -2.19. The van der Waals surface area contributed by atoms with Gasteiger partial charge in [-0.1, -0.05) is 19.9 Å². The summed E-state index contributed by atoms with van der Waals surface area (Å²) in [4.78, 5) is 0. The smallest absolute Gasteiger partial charge is 0.387 e. The van der Waals surface area contributed by atoms with Gasteiger partial charge in [-0.2, -0.15) is 8.78 Å². The Balaban J connectivity index is 2.66. The molecule has 5 heteroatoms. The predicted molar refractivity (Wildman–Crippen MR) is 66.2 cm³/mol. The minimum atomic E-state index is -2.84. The van der Waals surface area contributed by atoms with Crippen LogP contribution in [0.15, 0.2) is 18.2 Å². The van der Waals surface area contributed by atoms with Gasteiger partial charge in [0.15, 0.2) is 11.5 Å². The van der Waals surface area contributed by atoms with Crippen molar-refractivity contribution in [2.24, 2.45) is 5.92 Å². The van der Waals surface area contributed by atoms with Crippen molar-refractivity contribution in [2.75, 3.05) is 13.7 Å². The maximum atomic E-state index is 12.1. The summed E-state index contributed by atoms with van der Waals surface area (Å²) in [7, 11) is 1.43. The number of hydrogen-bond donors (Lipinski definition) is 1. The topological polar surface area (TPSA) is 30.5 Å². The molecule has 0 aliphatic carbocycles. The molecule has 18 heavy (non-hydrogen) atoms. The second kappa shape index (κ2) is 7.16. The standard InChI is InChI=1S/C13H19F2NO2/c1-9(2)7-16-8-10-4-5-11(18-13(14)15)12(6-10)17-3/h4-6,9,13,16H,7-8H2,1-3H3. The van der Waals surface area contributed by atoms with Crippen molar-refractivity contribution in [1.82, 2.24) is 5.32 Å². The summed E-state index contributed by atoms with van der Waals surface area (Å²) in [6.45, 7) is 2.96. The number of hydrogen-bond acceptors (Lipinski definition) is 3. The fraction of sp³-hybridized carbons (Fsp3) is 0.538. The second-order valence-corrected chi connectivity index (χ2v) is 4.39. The highest BCUT2D eigenvalue weighted by molar-refractivity contribution is 5.42. The van der Waals surface area contributed by atoms with E-state index in [4.69, 9.17) is 4.74 Å². The van der Waals surface area contributed by atoms with Crippen LogP contribution in [0, 0.1) is 5.92 Å². The third-order valence-electron chi connectivity index (χ3n) is 2.33. The van der Waals surface area contributed by atoms with Gasteiger partial charge < -0.3 is 14.8 Å².